The van der Waals surface area contributed by atoms with E-state index in [0.29, 0.717) is 6.54 Å². The second kappa shape index (κ2) is 5.52. The average molecular weight is 250 g/mol. The third-order valence-corrected chi connectivity index (χ3v) is 3.90. The van der Waals surface area contributed by atoms with Gasteiger partial charge in [-0.1, -0.05) is 19.3 Å². The third kappa shape index (κ3) is 2.56. The largest absolute Gasteiger partial charge is 0.329 e. The molecule has 0 saturated heterocycles. The average Bonchev–Trinajstić information content (AvgIpc) is 2.87. The van der Waals surface area contributed by atoms with Gasteiger partial charge in [-0.25, -0.2) is 0 Å². The summed E-state index contributed by atoms with van der Waals surface area (Å²) in [5, 5.41) is 7.11. The fourth-order valence-corrected chi connectivity index (χ4v) is 2.62. The van der Waals surface area contributed by atoms with E-state index in [2.05, 4.69) is 10.4 Å². The molecule has 1 fully saturated rings. The predicted molar refractivity (Wildman–Crippen MR) is 71.1 cm³/mol. The number of carbonyl (C=O) groups excluding carboxylic acids is 1. The van der Waals surface area contributed by atoms with Crippen molar-refractivity contribution >= 4 is 11.6 Å². The molecule has 5 heteroatoms. The fourth-order valence-electron chi connectivity index (χ4n) is 2.62. The molecule has 0 aliphatic heterocycles. The monoisotopic (exact) mass is 250 g/mol. The normalized spacial score (nSPS) is 18.6. The second-order valence-electron chi connectivity index (χ2n) is 5.08. The van der Waals surface area contributed by atoms with Gasteiger partial charge in [0.1, 0.15) is 0 Å². The summed E-state index contributed by atoms with van der Waals surface area (Å²) in [4.78, 5) is 12.4. The van der Waals surface area contributed by atoms with Crippen LogP contribution in [0.15, 0.2) is 12.4 Å². The number of carbonyl (C=O) groups is 1. The van der Waals surface area contributed by atoms with Crippen LogP contribution in [0.3, 0.4) is 0 Å². The first-order valence-electron chi connectivity index (χ1n) is 6.74. The summed E-state index contributed by atoms with van der Waals surface area (Å²) < 4.78 is 1.80. The zero-order valence-electron chi connectivity index (χ0n) is 11.0. The Morgan fingerprint density at radius 3 is 2.78 bits per heavy atom. The van der Waals surface area contributed by atoms with Gasteiger partial charge in [0, 0.05) is 19.3 Å². The van der Waals surface area contributed by atoms with Crippen LogP contribution in [-0.4, -0.2) is 22.2 Å². The van der Waals surface area contributed by atoms with Crippen LogP contribution in [0.2, 0.25) is 0 Å². The summed E-state index contributed by atoms with van der Waals surface area (Å²) in [7, 11) is 0. The zero-order chi connectivity index (χ0) is 13.0. The molecular formula is C13H22N4O. The number of nitrogens with one attached hydrogen (secondary N) is 1. The van der Waals surface area contributed by atoms with Crippen molar-refractivity contribution in [2.24, 2.45) is 11.1 Å². The maximum absolute atomic E-state index is 12.4. The zero-order valence-corrected chi connectivity index (χ0v) is 11.0. The Kier molecular flexibility index (Phi) is 4.01. The number of anilines is 1. The van der Waals surface area contributed by atoms with E-state index in [1.165, 1.54) is 6.42 Å². The van der Waals surface area contributed by atoms with Crippen LogP contribution in [0.25, 0.3) is 0 Å². The molecule has 1 heterocycles. The van der Waals surface area contributed by atoms with Crippen LogP contribution in [-0.2, 0) is 11.3 Å². The first-order chi connectivity index (χ1) is 8.70. The standard InChI is InChI=1S/C13H22N4O/c1-2-17-9-11(8-15-17)16-12(18)13(10-14)6-4-3-5-7-13/h8-9H,2-7,10,14H2,1H3,(H,16,18). The molecule has 2 rings (SSSR count). The van der Waals surface area contributed by atoms with Gasteiger partial charge in [0.15, 0.2) is 0 Å². The number of hydrogen-bond donors (Lipinski definition) is 2. The summed E-state index contributed by atoms with van der Waals surface area (Å²) in [5.74, 6) is 0.0559. The molecule has 100 valence electrons. The van der Waals surface area contributed by atoms with Crippen molar-refractivity contribution in [3.63, 3.8) is 0 Å². The molecule has 5 nitrogen and oxygen atoms in total. The van der Waals surface area contributed by atoms with Crippen LogP contribution in [0.1, 0.15) is 39.0 Å². The van der Waals surface area contributed by atoms with Crippen molar-refractivity contribution in [2.75, 3.05) is 11.9 Å². The minimum absolute atomic E-state index is 0.0559. The molecular weight excluding hydrogens is 228 g/mol. The first-order valence-corrected chi connectivity index (χ1v) is 6.74. The maximum atomic E-state index is 12.4. The highest BCUT2D eigenvalue weighted by atomic mass is 16.2. The molecule has 1 aromatic rings. The van der Waals surface area contributed by atoms with Gasteiger partial charge in [-0.05, 0) is 19.8 Å². The number of hydrogen-bond acceptors (Lipinski definition) is 3. The van der Waals surface area contributed by atoms with E-state index in [4.69, 9.17) is 5.73 Å². The van der Waals surface area contributed by atoms with Gasteiger partial charge in [-0.3, -0.25) is 9.48 Å². The molecule has 1 aromatic heterocycles. The SMILES string of the molecule is CCn1cc(NC(=O)C2(CN)CCCCC2)cn1. The Hall–Kier alpha value is -1.36. The number of aromatic nitrogens is 2. The Morgan fingerprint density at radius 2 is 2.22 bits per heavy atom. The van der Waals surface area contributed by atoms with Gasteiger partial charge >= 0.3 is 0 Å². The van der Waals surface area contributed by atoms with E-state index in [1.807, 2.05) is 13.1 Å². The molecule has 1 amide bonds. The molecule has 0 radical (unpaired) electrons. The molecule has 0 spiro atoms. The molecule has 1 saturated carbocycles. The van der Waals surface area contributed by atoms with E-state index in [1.54, 1.807) is 10.9 Å². The summed E-state index contributed by atoms with van der Waals surface area (Å²) in [6.07, 6.45) is 8.74. The maximum Gasteiger partial charge on any atom is 0.231 e. The number of aryl methyl sites for hydroxylation is 1. The Labute approximate surface area is 108 Å². The highest BCUT2D eigenvalue weighted by molar-refractivity contribution is 5.95. The summed E-state index contributed by atoms with van der Waals surface area (Å²) in [6.45, 7) is 3.25. The van der Waals surface area contributed by atoms with Gasteiger partial charge in [-0.15, -0.1) is 0 Å². The number of rotatable bonds is 4. The predicted octanol–water partition coefficient (Wildman–Crippen LogP) is 1.75. The minimum Gasteiger partial charge on any atom is -0.329 e. The minimum atomic E-state index is -0.368. The van der Waals surface area contributed by atoms with Crippen LogP contribution < -0.4 is 11.1 Å². The van der Waals surface area contributed by atoms with Gasteiger partial charge in [0.2, 0.25) is 5.91 Å². The van der Waals surface area contributed by atoms with Crippen molar-refractivity contribution in [3.8, 4) is 0 Å². The van der Waals surface area contributed by atoms with Crippen LogP contribution in [0, 0.1) is 5.41 Å². The summed E-state index contributed by atoms with van der Waals surface area (Å²) in [6, 6.07) is 0. The molecule has 0 unspecified atom stereocenters. The van der Waals surface area contributed by atoms with E-state index in [0.717, 1.165) is 37.9 Å². The number of nitrogens with two attached hydrogens (primary N) is 1. The Bertz CT molecular complexity index is 407. The summed E-state index contributed by atoms with van der Waals surface area (Å²) in [5.41, 5.74) is 6.24. The quantitative estimate of drug-likeness (QED) is 0.855. The van der Waals surface area contributed by atoms with Crippen LogP contribution in [0.5, 0.6) is 0 Å². The topological polar surface area (TPSA) is 72.9 Å². The van der Waals surface area contributed by atoms with Crippen molar-refractivity contribution in [3.05, 3.63) is 12.4 Å². The van der Waals surface area contributed by atoms with Crippen molar-refractivity contribution < 1.29 is 4.79 Å². The van der Waals surface area contributed by atoms with Gasteiger partial charge in [0.25, 0.3) is 0 Å². The Morgan fingerprint density at radius 1 is 1.50 bits per heavy atom. The highest BCUT2D eigenvalue weighted by Gasteiger charge is 2.38. The molecule has 18 heavy (non-hydrogen) atoms. The van der Waals surface area contributed by atoms with Crippen LogP contribution in [0.4, 0.5) is 5.69 Å². The lowest BCUT2D eigenvalue weighted by atomic mass is 9.73. The molecule has 0 atom stereocenters. The molecule has 1 aliphatic carbocycles. The lowest BCUT2D eigenvalue weighted by Crippen LogP contribution is -2.43. The fraction of sp³-hybridized carbons (Fsp3) is 0.692. The molecule has 3 N–H and O–H groups in total. The third-order valence-electron chi connectivity index (χ3n) is 3.90. The van der Waals surface area contributed by atoms with Gasteiger partial charge < -0.3 is 11.1 Å². The van der Waals surface area contributed by atoms with Gasteiger partial charge in [0.05, 0.1) is 17.3 Å². The van der Waals surface area contributed by atoms with Crippen molar-refractivity contribution in [1.29, 1.82) is 0 Å². The lowest BCUT2D eigenvalue weighted by Gasteiger charge is -2.34. The van der Waals surface area contributed by atoms with E-state index in [9.17, 15) is 4.79 Å². The van der Waals surface area contributed by atoms with Crippen molar-refractivity contribution in [1.82, 2.24) is 9.78 Å². The lowest BCUT2D eigenvalue weighted by molar-refractivity contribution is -0.126. The van der Waals surface area contributed by atoms with E-state index < -0.39 is 0 Å². The molecule has 1 aliphatic rings. The highest BCUT2D eigenvalue weighted by Crippen LogP contribution is 2.36. The molecule has 0 aromatic carbocycles. The van der Waals surface area contributed by atoms with E-state index in [-0.39, 0.29) is 11.3 Å². The Balaban J connectivity index is 2.05. The van der Waals surface area contributed by atoms with E-state index >= 15 is 0 Å². The smallest absolute Gasteiger partial charge is 0.231 e. The number of amides is 1. The summed E-state index contributed by atoms with van der Waals surface area (Å²) >= 11 is 0. The van der Waals surface area contributed by atoms with Crippen molar-refractivity contribution in [2.45, 2.75) is 45.6 Å². The van der Waals surface area contributed by atoms with Crippen LogP contribution >= 0.6 is 0 Å². The van der Waals surface area contributed by atoms with Gasteiger partial charge in [-0.2, -0.15) is 5.10 Å². The number of nitrogens with zero attached hydrogens (tertiary/aromatic N) is 2. The molecule has 0 bridgehead atoms. The second-order valence-corrected chi connectivity index (χ2v) is 5.08. The first kappa shape index (κ1) is 13.1.